The van der Waals surface area contributed by atoms with Gasteiger partial charge in [-0.25, -0.2) is 4.98 Å². The van der Waals surface area contributed by atoms with E-state index in [1.807, 2.05) is 24.3 Å². The number of ether oxygens (including phenoxy) is 1. The van der Waals surface area contributed by atoms with Crippen LogP contribution in [0.5, 0.6) is 5.75 Å². The average Bonchev–Trinajstić information content (AvgIpc) is 3.05. The van der Waals surface area contributed by atoms with Gasteiger partial charge in [0.1, 0.15) is 5.75 Å². The predicted octanol–water partition coefficient (Wildman–Crippen LogP) is 4.39. The van der Waals surface area contributed by atoms with Gasteiger partial charge in [0.15, 0.2) is 5.82 Å². The quantitative estimate of drug-likeness (QED) is 0.707. The fraction of sp³-hybridized carbons (Fsp3) is 0.222. The Hall–Kier alpha value is -2.27. The maximum Gasteiger partial charge on any atom is 0.209 e. The zero-order chi connectivity index (χ0) is 16.2. The van der Waals surface area contributed by atoms with Gasteiger partial charge >= 0.3 is 0 Å². The first-order valence-corrected chi connectivity index (χ1v) is 8.40. The van der Waals surface area contributed by atoms with E-state index in [9.17, 15) is 0 Å². The first kappa shape index (κ1) is 15.6. The summed E-state index contributed by atoms with van der Waals surface area (Å²) < 4.78 is 5.17. The van der Waals surface area contributed by atoms with E-state index >= 15 is 0 Å². The van der Waals surface area contributed by atoms with Gasteiger partial charge in [0.2, 0.25) is 5.16 Å². The minimum Gasteiger partial charge on any atom is -0.497 e. The monoisotopic (exact) mass is 325 g/mol. The summed E-state index contributed by atoms with van der Waals surface area (Å²) in [6, 6.07) is 14.3. The smallest absolute Gasteiger partial charge is 0.209 e. The van der Waals surface area contributed by atoms with E-state index in [-0.39, 0.29) is 0 Å². The molecule has 5 heteroatoms. The van der Waals surface area contributed by atoms with Crippen molar-refractivity contribution in [2.24, 2.45) is 0 Å². The predicted molar refractivity (Wildman–Crippen MR) is 93.8 cm³/mol. The third-order valence-corrected chi connectivity index (χ3v) is 4.59. The Morgan fingerprint density at radius 2 is 1.87 bits per heavy atom. The van der Waals surface area contributed by atoms with Crippen molar-refractivity contribution < 1.29 is 4.74 Å². The van der Waals surface area contributed by atoms with E-state index in [4.69, 9.17) is 4.74 Å². The van der Waals surface area contributed by atoms with E-state index in [0.717, 1.165) is 28.0 Å². The number of methoxy groups -OCH3 is 1. The van der Waals surface area contributed by atoms with Gasteiger partial charge in [0.05, 0.1) is 7.11 Å². The molecule has 3 aromatic rings. The van der Waals surface area contributed by atoms with Crippen molar-refractivity contribution in [3.05, 3.63) is 59.2 Å². The lowest BCUT2D eigenvalue weighted by atomic mass is 10.1. The van der Waals surface area contributed by atoms with E-state index in [1.54, 1.807) is 18.9 Å². The normalized spacial score (nSPS) is 10.7. The molecule has 0 amide bonds. The second-order valence-corrected chi connectivity index (χ2v) is 6.36. The molecular weight excluding hydrogens is 306 g/mol. The molecule has 23 heavy (non-hydrogen) atoms. The Balaban J connectivity index is 1.70. The molecule has 118 valence electrons. The number of aromatic nitrogens is 3. The van der Waals surface area contributed by atoms with Crippen LogP contribution in [-0.4, -0.2) is 22.3 Å². The maximum absolute atomic E-state index is 5.17. The molecule has 0 saturated heterocycles. The molecule has 0 aliphatic rings. The number of hydrogen-bond acceptors (Lipinski definition) is 4. The van der Waals surface area contributed by atoms with Gasteiger partial charge < -0.3 is 4.74 Å². The molecule has 4 nitrogen and oxygen atoms in total. The first-order chi connectivity index (χ1) is 11.2. The van der Waals surface area contributed by atoms with Crippen LogP contribution in [0.15, 0.2) is 47.6 Å². The molecule has 1 N–H and O–H groups in total. The number of nitrogens with zero attached hydrogens (tertiary/aromatic N) is 2. The van der Waals surface area contributed by atoms with Crippen LogP contribution >= 0.6 is 11.8 Å². The largest absolute Gasteiger partial charge is 0.497 e. The minimum absolute atomic E-state index is 0.761. The standard InChI is InChI=1S/C18H19N3OS/c1-12-4-5-13(2)15(10-12)11-23-18-19-17(20-21-18)14-6-8-16(22-3)9-7-14/h4-10H,11H2,1-3H3,(H,19,20,21). The highest BCUT2D eigenvalue weighted by Gasteiger charge is 2.08. The zero-order valence-electron chi connectivity index (χ0n) is 13.5. The van der Waals surface area contributed by atoms with Gasteiger partial charge in [0, 0.05) is 11.3 Å². The molecule has 0 radical (unpaired) electrons. The number of nitrogens with one attached hydrogen (secondary N) is 1. The minimum atomic E-state index is 0.761. The molecule has 0 atom stereocenters. The summed E-state index contributed by atoms with van der Waals surface area (Å²) in [6.07, 6.45) is 0. The summed E-state index contributed by atoms with van der Waals surface area (Å²) in [4.78, 5) is 4.56. The van der Waals surface area contributed by atoms with Crippen molar-refractivity contribution in [2.75, 3.05) is 7.11 Å². The van der Waals surface area contributed by atoms with Crippen molar-refractivity contribution in [1.82, 2.24) is 15.2 Å². The summed E-state index contributed by atoms with van der Waals surface area (Å²) in [5, 5.41) is 8.06. The fourth-order valence-electron chi connectivity index (χ4n) is 2.29. The summed E-state index contributed by atoms with van der Waals surface area (Å²) in [5.74, 6) is 2.47. The van der Waals surface area contributed by atoms with Gasteiger partial charge in [-0.2, -0.15) is 0 Å². The van der Waals surface area contributed by atoms with Crippen molar-refractivity contribution in [2.45, 2.75) is 24.8 Å². The lowest BCUT2D eigenvalue weighted by Gasteiger charge is -2.05. The molecule has 2 aromatic carbocycles. The van der Waals surface area contributed by atoms with Crippen LogP contribution in [0, 0.1) is 13.8 Å². The van der Waals surface area contributed by atoms with E-state index in [0.29, 0.717) is 0 Å². The highest BCUT2D eigenvalue weighted by molar-refractivity contribution is 7.98. The van der Waals surface area contributed by atoms with Gasteiger partial charge in [0.25, 0.3) is 0 Å². The molecular formula is C18H19N3OS. The molecule has 0 unspecified atom stereocenters. The number of aryl methyl sites for hydroxylation is 2. The highest BCUT2D eigenvalue weighted by Crippen LogP contribution is 2.25. The van der Waals surface area contributed by atoms with Gasteiger partial charge in [-0.15, -0.1) is 5.10 Å². The maximum atomic E-state index is 5.17. The fourth-order valence-corrected chi connectivity index (χ4v) is 3.15. The van der Waals surface area contributed by atoms with Crippen molar-refractivity contribution in [3.63, 3.8) is 0 Å². The molecule has 1 heterocycles. The van der Waals surface area contributed by atoms with Crippen molar-refractivity contribution in [3.8, 4) is 17.1 Å². The molecule has 3 rings (SSSR count). The summed E-state index contributed by atoms with van der Waals surface area (Å²) in [5.41, 5.74) is 4.90. The van der Waals surface area contributed by atoms with Crippen LogP contribution < -0.4 is 4.74 Å². The van der Waals surface area contributed by atoms with Crippen LogP contribution in [0.3, 0.4) is 0 Å². The number of hydrogen-bond donors (Lipinski definition) is 1. The molecule has 0 aliphatic heterocycles. The SMILES string of the molecule is COc1ccc(-c2nc(SCc3cc(C)ccc3C)n[nH]2)cc1. The van der Waals surface area contributed by atoms with Gasteiger partial charge in [-0.3, -0.25) is 5.10 Å². The topological polar surface area (TPSA) is 50.8 Å². The van der Waals surface area contributed by atoms with Crippen LogP contribution in [0.2, 0.25) is 0 Å². The Labute approximate surface area is 140 Å². The number of benzene rings is 2. The average molecular weight is 325 g/mol. The first-order valence-electron chi connectivity index (χ1n) is 7.41. The lowest BCUT2D eigenvalue weighted by molar-refractivity contribution is 0.415. The zero-order valence-corrected chi connectivity index (χ0v) is 14.3. The second kappa shape index (κ2) is 6.87. The van der Waals surface area contributed by atoms with Gasteiger partial charge in [-0.05, 0) is 49.2 Å². The molecule has 0 saturated carbocycles. The molecule has 0 bridgehead atoms. The Kier molecular flexibility index (Phi) is 4.67. The van der Waals surface area contributed by atoms with Crippen molar-refractivity contribution in [1.29, 1.82) is 0 Å². The number of H-pyrrole nitrogens is 1. The Morgan fingerprint density at radius 3 is 2.61 bits per heavy atom. The lowest BCUT2D eigenvalue weighted by Crippen LogP contribution is -1.88. The Morgan fingerprint density at radius 1 is 1.09 bits per heavy atom. The Bertz CT molecular complexity index is 796. The van der Waals surface area contributed by atoms with E-state index in [2.05, 4.69) is 47.2 Å². The third kappa shape index (κ3) is 3.74. The summed E-state index contributed by atoms with van der Waals surface area (Å²) in [6.45, 7) is 4.25. The van der Waals surface area contributed by atoms with Crippen LogP contribution in [0.1, 0.15) is 16.7 Å². The summed E-state index contributed by atoms with van der Waals surface area (Å²) in [7, 11) is 1.66. The van der Waals surface area contributed by atoms with E-state index < -0.39 is 0 Å². The number of aromatic amines is 1. The van der Waals surface area contributed by atoms with Gasteiger partial charge in [-0.1, -0.05) is 35.5 Å². The van der Waals surface area contributed by atoms with Crippen LogP contribution in [0.25, 0.3) is 11.4 Å². The summed E-state index contributed by atoms with van der Waals surface area (Å²) >= 11 is 1.64. The number of thioether (sulfide) groups is 1. The molecule has 0 fully saturated rings. The van der Waals surface area contributed by atoms with Crippen LogP contribution in [0.4, 0.5) is 0 Å². The van der Waals surface area contributed by atoms with Crippen LogP contribution in [-0.2, 0) is 5.75 Å². The molecule has 1 aromatic heterocycles. The molecule has 0 aliphatic carbocycles. The van der Waals surface area contributed by atoms with E-state index in [1.165, 1.54) is 16.7 Å². The number of rotatable bonds is 5. The highest BCUT2D eigenvalue weighted by atomic mass is 32.2. The third-order valence-electron chi connectivity index (χ3n) is 3.69. The second-order valence-electron chi connectivity index (χ2n) is 5.41. The van der Waals surface area contributed by atoms with Crippen molar-refractivity contribution >= 4 is 11.8 Å². The molecule has 0 spiro atoms.